The molecule has 4 aromatic heterocycles. The van der Waals surface area contributed by atoms with Gasteiger partial charge in [0.15, 0.2) is 0 Å². The summed E-state index contributed by atoms with van der Waals surface area (Å²) in [5, 5.41) is 24.9. The Morgan fingerprint density at radius 1 is 1.29 bits per heavy atom. The molecule has 1 aliphatic heterocycles. The van der Waals surface area contributed by atoms with Gasteiger partial charge in [-0.25, -0.2) is 9.97 Å². The molecule has 1 aliphatic carbocycles. The number of rotatable bonds is 9. The van der Waals surface area contributed by atoms with Gasteiger partial charge >= 0.3 is 0 Å². The van der Waals surface area contributed by atoms with Gasteiger partial charge in [-0.1, -0.05) is 5.16 Å². The van der Waals surface area contributed by atoms with Gasteiger partial charge < -0.3 is 24.8 Å². The topological polar surface area (TPSA) is 172 Å². The molecule has 3 N–H and O–H groups in total. The molecule has 0 saturated carbocycles. The van der Waals surface area contributed by atoms with Crippen molar-refractivity contribution in [2.24, 2.45) is 0 Å². The summed E-state index contributed by atoms with van der Waals surface area (Å²) in [6, 6.07) is 4.35. The summed E-state index contributed by atoms with van der Waals surface area (Å²) in [5.41, 5.74) is 7.70. The Balaban J connectivity index is 1.12. The average Bonchev–Trinajstić information content (AvgIpc) is 3.73. The highest BCUT2D eigenvalue weighted by molar-refractivity contribution is 7.16. The zero-order chi connectivity index (χ0) is 29.1. The van der Waals surface area contributed by atoms with E-state index in [-0.39, 0.29) is 6.04 Å². The number of nitrogens with one attached hydrogen (secondary N) is 1. The molecule has 0 amide bonds. The molecule has 0 bridgehead atoms. The molecule has 1 fully saturated rings. The lowest BCUT2D eigenvalue weighted by molar-refractivity contribution is 0.248. The lowest BCUT2D eigenvalue weighted by Crippen LogP contribution is -2.40. The Hall–Kier alpha value is -4.09. The molecule has 2 atom stereocenters. The van der Waals surface area contributed by atoms with Gasteiger partial charge in [-0.2, -0.15) is 20.6 Å². The lowest BCUT2D eigenvalue weighted by atomic mass is 9.72. The van der Waals surface area contributed by atoms with Crippen LogP contribution in [0.4, 0.5) is 10.9 Å². The third-order valence-electron chi connectivity index (χ3n) is 8.22. The molecule has 220 valence electrons. The maximum Gasteiger partial charge on any atom is 0.253 e. The van der Waals surface area contributed by atoms with Crippen LogP contribution in [0.5, 0.6) is 5.88 Å². The van der Waals surface area contributed by atoms with Crippen molar-refractivity contribution in [3.8, 4) is 23.5 Å². The second-order valence-electron chi connectivity index (χ2n) is 11.2. The van der Waals surface area contributed by atoms with Crippen LogP contribution in [0.2, 0.25) is 0 Å². The number of hydrogen-bond acceptors (Lipinski definition) is 13. The highest BCUT2D eigenvalue weighted by atomic mass is 32.1. The van der Waals surface area contributed by atoms with Crippen LogP contribution in [0.25, 0.3) is 11.5 Å². The average molecular weight is 590 g/mol. The number of aryl methyl sites for hydroxylation is 1. The Morgan fingerprint density at radius 3 is 3.02 bits per heavy atom. The van der Waals surface area contributed by atoms with Crippen LogP contribution in [0.15, 0.2) is 23.0 Å². The number of thiophene rings is 1. The minimum absolute atomic E-state index is 0.239. The number of unbranched alkanes of at least 4 members (excludes halogenated alkanes) is 1. The van der Waals surface area contributed by atoms with Crippen molar-refractivity contribution in [3.05, 3.63) is 40.4 Å². The smallest absolute Gasteiger partial charge is 0.253 e. The zero-order valence-corrected chi connectivity index (χ0v) is 24.7. The number of hydrogen-bond donors (Lipinski definition) is 2. The Bertz CT molecular complexity index is 1550. The normalized spacial score (nSPS) is 21.1. The highest BCUT2D eigenvalue weighted by Gasteiger charge is 2.43. The molecule has 0 spiro atoms. The molecular weight excluding hydrogens is 554 g/mol. The number of nitriles is 1. The third-order valence-corrected chi connectivity index (χ3v) is 9.30. The van der Waals surface area contributed by atoms with Crippen molar-refractivity contribution in [2.45, 2.75) is 63.8 Å². The number of nitrogens with two attached hydrogens (primary N) is 1. The first-order chi connectivity index (χ1) is 20.5. The van der Waals surface area contributed by atoms with Crippen molar-refractivity contribution in [3.63, 3.8) is 0 Å². The molecule has 13 nitrogen and oxygen atoms in total. The van der Waals surface area contributed by atoms with E-state index in [9.17, 15) is 5.26 Å². The zero-order valence-electron chi connectivity index (χ0n) is 23.9. The Morgan fingerprint density at radius 2 is 2.19 bits per heavy atom. The fourth-order valence-electron chi connectivity index (χ4n) is 6.10. The number of anilines is 2. The largest absolute Gasteiger partial charge is 0.475 e. The summed E-state index contributed by atoms with van der Waals surface area (Å²) in [7, 11) is 0. The van der Waals surface area contributed by atoms with Gasteiger partial charge in [-0.3, -0.25) is 0 Å². The van der Waals surface area contributed by atoms with Crippen LogP contribution in [0.3, 0.4) is 0 Å². The molecule has 2 aliphatic rings. The lowest BCUT2D eigenvalue weighted by Gasteiger charge is -2.30. The van der Waals surface area contributed by atoms with Crippen molar-refractivity contribution in [2.75, 3.05) is 43.4 Å². The van der Waals surface area contributed by atoms with Crippen molar-refractivity contribution in [1.82, 2.24) is 40.4 Å². The molecule has 2 unspecified atom stereocenters. The van der Waals surface area contributed by atoms with Crippen LogP contribution in [0.1, 0.15) is 67.8 Å². The van der Waals surface area contributed by atoms with Gasteiger partial charge in [0.05, 0.1) is 17.6 Å². The minimum Gasteiger partial charge on any atom is -0.475 e. The molecule has 0 aromatic carbocycles. The molecule has 4 aromatic rings. The Labute approximate surface area is 248 Å². The number of aromatic amines is 1. The molecule has 1 saturated heterocycles. The molecule has 14 heteroatoms. The van der Waals surface area contributed by atoms with E-state index in [1.807, 2.05) is 6.07 Å². The van der Waals surface area contributed by atoms with E-state index in [0.29, 0.717) is 46.4 Å². The quantitative estimate of drug-likeness (QED) is 0.272. The van der Waals surface area contributed by atoms with Gasteiger partial charge in [0.2, 0.25) is 17.7 Å². The summed E-state index contributed by atoms with van der Waals surface area (Å²) in [6.07, 6.45) is 9.03. The Kier molecular flexibility index (Phi) is 8.03. The van der Waals surface area contributed by atoms with Gasteiger partial charge in [-0.15, -0.1) is 16.4 Å². The molecule has 5 heterocycles. The molecular formula is C28H35N11O2S. The number of nitrogens with zero attached hydrogens (tertiary/aromatic N) is 9. The summed E-state index contributed by atoms with van der Waals surface area (Å²) in [5.74, 6) is 2.10. The van der Waals surface area contributed by atoms with Crippen LogP contribution < -0.4 is 15.4 Å². The van der Waals surface area contributed by atoms with Gasteiger partial charge in [0.1, 0.15) is 23.0 Å². The maximum atomic E-state index is 9.81. The molecule has 42 heavy (non-hydrogen) atoms. The second-order valence-corrected chi connectivity index (χ2v) is 12.3. The number of H-pyrrole nitrogens is 1. The van der Waals surface area contributed by atoms with E-state index in [1.165, 1.54) is 11.3 Å². The monoisotopic (exact) mass is 589 g/mol. The van der Waals surface area contributed by atoms with Crippen LogP contribution in [-0.2, 0) is 11.8 Å². The van der Waals surface area contributed by atoms with Gasteiger partial charge in [-0.05, 0) is 71.5 Å². The van der Waals surface area contributed by atoms with Crippen LogP contribution in [0, 0.1) is 11.3 Å². The van der Waals surface area contributed by atoms with Gasteiger partial charge in [0, 0.05) is 35.8 Å². The first kappa shape index (κ1) is 28.0. The predicted molar refractivity (Wildman–Crippen MR) is 157 cm³/mol. The van der Waals surface area contributed by atoms with Gasteiger partial charge in [0.25, 0.3) is 5.88 Å². The SMILES string of the molecule is CC1CN(CCCCOc2cn[nH]n2)CCCN1c1nccc(-c2noc(C3(C)CCCc4sc(N)c(C#N)c43)n2)n1. The third kappa shape index (κ3) is 5.54. The van der Waals surface area contributed by atoms with E-state index in [0.717, 1.165) is 75.1 Å². The van der Waals surface area contributed by atoms with Crippen molar-refractivity contribution in [1.29, 1.82) is 5.26 Å². The second kappa shape index (κ2) is 12.0. The summed E-state index contributed by atoms with van der Waals surface area (Å²) in [4.78, 5) is 20.2. The minimum atomic E-state index is -0.571. The standard InChI is InChI=1S/C28H35N11O2S/c1-18-17-38(11-3-4-14-40-22-16-32-37-35-22)12-6-13-39(18)27-31-10-8-20(33-27)25-34-26(41-36-25)28(2)9-5-7-21-23(28)19(15-29)24(30)42-21/h8,10,16,18H,3-7,9,11-14,17,30H2,1-2H3,(H,32,35,37). The van der Waals surface area contributed by atoms with Crippen molar-refractivity contribution < 1.29 is 9.26 Å². The number of nitrogen functional groups attached to an aromatic ring is 1. The van der Waals surface area contributed by atoms with Crippen LogP contribution in [-0.4, -0.2) is 79.2 Å². The fraction of sp³-hybridized carbons (Fsp3) is 0.536. The molecule has 0 radical (unpaired) electrons. The van der Waals surface area contributed by atoms with E-state index >= 15 is 0 Å². The van der Waals surface area contributed by atoms with E-state index in [2.05, 4.69) is 55.3 Å². The van der Waals surface area contributed by atoms with Crippen LogP contribution >= 0.6 is 11.3 Å². The summed E-state index contributed by atoms with van der Waals surface area (Å²) in [6.45, 7) is 8.74. The van der Waals surface area contributed by atoms with E-state index in [4.69, 9.17) is 25.0 Å². The number of ether oxygens (including phenoxy) is 1. The van der Waals surface area contributed by atoms with E-state index in [1.54, 1.807) is 12.4 Å². The fourth-order valence-corrected chi connectivity index (χ4v) is 7.29. The predicted octanol–water partition coefficient (Wildman–Crippen LogP) is 3.56. The first-order valence-electron chi connectivity index (χ1n) is 14.4. The highest BCUT2D eigenvalue weighted by Crippen LogP contribution is 2.48. The summed E-state index contributed by atoms with van der Waals surface area (Å²) >= 11 is 1.49. The maximum absolute atomic E-state index is 9.81. The molecule has 6 rings (SSSR count). The number of aromatic nitrogens is 7. The van der Waals surface area contributed by atoms with E-state index < -0.39 is 5.41 Å². The first-order valence-corrected chi connectivity index (χ1v) is 15.2. The van der Waals surface area contributed by atoms with Crippen molar-refractivity contribution >= 4 is 22.3 Å². The number of fused-ring (bicyclic) bond motifs is 1. The summed E-state index contributed by atoms with van der Waals surface area (Å²) < 4.78 is 11.4.